The molecule has 116 valence electrons. The first-order chi connectivity index (χ1) is 9.42. The minimum atomic E-state index is -0.801. The predicted octanol–water partition coefficient (Wildman–Crippen LogP) is 0.855. The maximum atomic E-state index is 11.7. The van der Waals surface area contributed by atoms with Gasteiger partial charge in [0.1, 0.15) is 0 Å². The highest BCUT2D eigenvalue weighted by molar-refractivity contribution is 5.76. The zero-order valence-electron chi connectivity index (χ0n) is 12.6. The van der Waals surface area contributed by atoms with Crippen molar-refractivity contribution < 1.29 is 19.4 Å². The summed E-state index contributed by atoms with van der Waals surface area (Å²) >= 11 is 0. The fraction of sp³-hybridized carbons (Fsp3) is 0.857. The Hall–Kier alpha value is -1.14. The molecule has 1 aliphatic carbocycles. The molecule has 1 fully saturated rings. The van der Waals surface area contributed by atoms with Gasteiger partial charge in [0.05, 0.1) is 19.3 Å². The van der Waals surface area contributed by atoms with Gasteiger partial charge in [-0.1, -0.05) is 6.92 Å². The Morgan fingerprint density at radius 1 is 1.40 bits per heavy atom. The fourth-order valence-electron chi connectivity index (χ4n) is 2.36. The third-order valence-electron chi connectivity index (χ3n) is 3.52. The molecule has 0 bridgehead atoms. The lowest BCUT2D eigenvalue weighted by atomic mass is 9.85. The molecular weight excluding hydrogens is 260 g/mol. The van der Waals surface area contributed by atoms with Crippen molar-refractivity contribution in [3.8, 4) is 0 Å². The van der Waals surface area contributed by atoms with Crippen LogP contribution in [0.4, 0.5) is 0 Å². The highest BCUT2D eigenvalue weighted by atomic mass is 16.5. The van der Waals surface area contributed by atoms with E-state index < -0.39 is 5.97 Å². The van der Waals surface area contributed by atoms with Gasteiger partial charge in [0.2, 0.25) is 5.91 Å². The number of nitrogens with one attached hydrogen (secondary N) is 1. The average molecular weight is 286 g/mol. The molecule has 0 aromatic carbocycles. The summed E-state index contributed by atoms with van der Waals surface area (Å²) in [5.41, 5.74) is 0. The number of hydrogen-bond donors (Lipinski definition) is 2. The number of aliphatic carboxylic acids is 1. The van der Waals surface area contributed by atoms with Crippen molar-refractivity contribution in [3.63, 3.8) is 0 Å². The third-order valence-corrected chi connectivity index (χ3v) is 3.52. The van der Waals surface area contributed by atoms with E-state index in [-0.39, 0.29) is 30.6 Å². The Kier molecular flexibility index (Phi) is 6.95. The van der Waals surface area contributed by atoms with Crippen LogP contribution in [-0.2, 0) is 14.3 Å². The van der Waals surface area contributed by atoms with Crippen LogP contribution in [0.25, 0.3) is 0 Å². The van der Waals surface area contributed by atoms with E-state index in [1.807, 2.05) is 25.7 Å². The van der Waals surface area contributed by atoms with Crippen LogP contribution in [0.2, 0.25) is 0 Å². The molecule has 0 saturated heterocycles. The molecule has 0 radical (unpaired) electrons. The van der Waals surface area contributed by atoms with E-state index >= 15 is 0 Å². The van der Waals surface area contributed by atoms with Crippen molar-refractivity contribution in [1.29, 1.82) is 0 Å². The smallest absolute Gasteiger partial charge is 0.317 e. The second-order valence-corrected chi connectivity index (χ2v) is 5.52. The molecule has 0 heterocycles. The number of carbonyl (C=O) groups excluding carboxylic acids is 1. The number of carboxylic acid groups (broad SMARTS) is 1. The van der Waals surface area contributed by atoms with Gasteiger partial charge >= 0.3 is 5.97 Å². The monoisotopic (exact) mass is 286 g/mol. The van der Waals surface area contributed by atoms with Gasteiger partial charge in [-0.2, -0.15) is 0 Å². The summed E-state index contributed by atoms with van der Waals surface area (Å²) in [6.07, 6.45) is 2.19. The number of ether oxygens (including phenoxy) is 1. The van der Waals surface area contributed by atoms with Crippen LogP contribution in [0.15, 0.2) is 0 Å². The van der Waals surface area contributed by atoms with Gasteiger partial charge in [0, 0.05) is 18.5 Å². The lowest BCUT2D eigenvalue weighted by Crippen LogP contribution is -2.54. The lowest BCUT2D eigenvalue weighted by Gasteiger charge is -2.42. The maximum Gasteiger partial charge on any atom is 0.317 e. The van der Waals surface area contributed by atoms with Crippen LogP contribution in [0, 0.1) is 0 Å². The Bertz CT molecular complexity index is 327. The third kappa shape index (κ3) is 5.88. The van der Waals surface area contributed by atoms with E-state index in [1.165, 1.54) is 0 Å². The number of carboxylic acids is 1. The molecule has 0 atom stereocenters. The normalized spacial score (nSPS) is 21.9. The van der Waals surface area contributed by atoms with E-state index in [9.17, 15) is 9.59 Å². The number of carbonyl (C=O) groups is 2. The number of rotatable bonds is 9. The molecule has 2 N–H and O–H groups in total. The molecule has 0 aliphatic heterocycles. The molecule has 1 rings (SSSR count). The summed E-state index contributed by atoms with van der Waals surface area (Å²) in [5, 5.41) is 11.8. The average Bonchev–Trinajstić information content (AvgIpc) is 2.30. The quantitative estimate of drug-likeness (QED) is 0.657. The van der Waals surface area contributed by atoms with Gasteiger partial charge in [-0.3, -0.25) is 14.5 Å². The summed E-state index contributed by atoms with van der Waals surface area (Å²) in [6.45, 7) is 7.08. The second-order valence-electron chi connectivity index (χ2n) is 5.52. The van der Waals surface area contributed by atoms with Crippen molar-refractivity contribution in [2.45, 2.75) is 58.2 Å². The van der Waals surface area contributed by atoms with Crippen molar-refractivity contribution in [1.82, 2.24) is 10.2 Å². The summed E-state index contributed by atoms with van der Waals surface area (Å²) < 4.78 is 5.33. The molecule has 6 nitrogen and oxygen atoms in total. The van der Waals surface area contributed by atoms with Crippen molar-refractivity contribution in [3.05, 3.63) is 0 Å². The van der Waals surface area contributed by atoms with E-state index in [0.29, 0.717) is 13.0 Å². The van der Waals surface area contributed by atoms with Gasteiger partial charge in [-0.15, -0.1) is 0 Å². The van der Waals surface area contributed by atoms with Gasteiger partial charge in [-0.25, -0.2) is 0 Å². The van der Waals surface area contributed by atoms with Gasteiger partial charge in [0.25, 0.3) is 0 Å². The fourth-order valence-corrected chi connectivity index (χ4v) is 2.36. The first kappa shape index (κ1) is 16.9. The van der Waals surface area contributed by atoms with E-state index in [2.05, 4.69) is 5.32 Å². The molecule has 20 heavy (non-hydrogen) atoms. The molecule has 0 aromatic heterocycles. The molecule has 1 amide bonds. The minimum absolute atomic E-state index is 0.00961. The van der Waals surface area contributed by atoms with Crippen LogP contribution in [-0.4, -0.2) is 59.8 Å². The van der Waals surface area contributed by atoms with Gasteiger partial charge in [-0.05, 0) is 33.2 Å². The molecule has 6 heteroatoms. The molecule has 1 aliphatic rings. The van der Waals surface area contributed by atoms with E-state index in [4.69, 9.17) is 9.84 Å². The standard InChI is InChI=1S/C14H26N2O4/c1-4-16(9-14(18)19)12-7-11(8-12)15-13(17)5-6-20-10(2)3/h10-12H,4-9H2,1-3H3,(H,15,17)(H,18,19). The molecule has 0 aromatic rings. The second kappa shape index (κ2) is 8.21. The van der Waals surface area contributed by atoms with Crippen molar-refractivity contribution in [2.75, 3.05) is 19.7 Å². The highest BCUT2D eigenvalue weighted by Crippen LogP contribution is 2.25. The maximum absolute atomic E-state index is 11.7. The van der Waals surface area contributed by atoms with Gasteiger partial charge in [0.15, 0.2) is 0 Å². The summed E-state index contributed by atoms with van der Waals surface area (Å²) in [5.74, 6) is -0.791. The SMILES string of the molecule is CCN(CC(=O)O)C1CC(NC(=O)CCOC(C)C)C1. The van der Waals surface area contributed by atoms with Crippen LogP contribution in [0.5, 0.6) is 0 Å². The zero-order valence-corrected chi connectivity index (χ0v) is 12.6. The summed E-state index contributed by atoms with van der Waals surface area (Å²) in [6, 6.07) is 0.447. The number of hydrogen-bond acceptors (Lipinski definition) is 4. The topological polar surface area (TPSA) is 78.9 Å². The van der Waals surface area contributed by atoms with Crippen molar-refractivity contribution in [2.24, 2.45) is 0 Å². The largest absolute Gasteiger partial charge is 0.480 e. The Labute approximate surface area is 120 Å². The first-order valence-corrected chi connectivity index (χ1v) is 7.29. The van der Waals surface area contributed by atoms with Gasteiger partial charge < -0.3 is 15.2 Å². The predicted molar refractivity (Wildman–Crippen MR) is 75.5 cm³/mol. The molecule has 0 unspecified atom stereocenters. The summed E-state index contributed by atoms with van der Waals surface area (Å²) in [4.78, 5) is 24.3. The van der Waals surface area contributed by atoms with Crippen molar-refractivity contribution >= 4 is 11.9 Å². The molecule has 1 saturated carbocycles. The minimum Gasteiger partial charge on any atom is -0.480 e. The molecular formula is C14H26N2O4. The summed E-state index contributed by atoms with van der Waals surface area (Å²) in [7, 11) is 0. The van der Waals surface area contributed by atoms with Crippen LogP contribution < -0.4 is 5.32 Å². The number of nitrogens with zero attached hydrogens (tertiary/aromatic N) is 1. The van der Waals surface area contributed by atoms with Crippen LogP contribution in [0.3, 0.4) is 0 Å². The number of amides is 1. The van der Waals surface area contributed by atoms with Crippen LogP contribution in [0.1, 0.15) is 40.0 Å². The Morgan fingerprint density at radius 2 is 2.05 bits per heavy atom. The van der Waals surface area contributed by atoms with Crippen LogP contribution >= 0.6 is 0 Å². The lowest BCUT2D eigenvalue weighted by molar-refractivity contribution is -0.139. The van der Waals surface area contributed by atoms with E-state index in [0.717, 1.165) is 19.4 Å². The number of likely N-dealkylation sites (N-methyl/N-ethyl adjacent to an activating group) is 1. The molecule has 0 spiro atoms. The Balaban J connectivity index is 2.17. The van der Waals surface area contributed by atoms with E-state index in [1.54, 1.807) is 0 Å². The zero-order chi connectivity index (χ0) is 15.1. The highest BCUT2D eigenvalue weighted by Gasteiger charge is 2.34. The Morgan fingerprint density at radius 3 is 2.55 bits per heavy atom. The first-order valence-electron chi connectivity index (χ1n) is 7.29.